The third-order valence-corrected chi connectivity index (χ3v) is 6.59. The van der Waals surface area contributed by atoms with Crippen LogP contribution in [0.2, 0.25) is 5.02 Å². The first kappa shape index (κ1) is 26.4. The molecule has 6 nitrogen and oxygen atoms in total. The molecular formula is C29H25BrClN3O3. The number of amides is 2. The molecule has 8 heteroatoms. The van der Waals surface area contributed by atoms with Crippen LogP contribution in [0.25, 0.3) is 10.8 Å². The van der Waals surface area contributed by atoms with Gasteiger partial charge in [0, 0.05) is 33.6 Å². The summed E-state index contributed by atoms with van der Waals surface area (Å²) in [6.45, 7) is 2.27. The van der Waals surface area contributed by atoms with Gasteiger partial charge in [0.25, 0.3) is 0 Å². The lowest BCUT2D eigenvalue weighted by Gasteiger charge is -2.12. The van der Waals surface area contributed by atoms with Crippen molar-refractivity contribution in [2.24, 2.45) is 5.10 Å². The Morgan fingerprint density at radius 2 is 1.73 bits per heavy atom. The van der Waals surface area contributed by atoms with Gasteiger partial charge < -0.3 is 10.1 Å². The first-order valence-corrected chi connectivity index (χ1v) is 12.8. The molecule has 2 N–H and O–H groups in total. The van der Waals surface area contributed by atoms with Gasteiger partial charge in [0.2, 0.25) is 11.8 Å². The second-order valence-corrected chi connectivity index (χ2v) is 9.74. The van der Waals surface area contributed by atoms with Gasteiger partial charge in [-0.15, -0.1) is 0 Å². The van der Waals surface area contributed by atoms with Gasteiger partial charge in [-0.3, -0.25) is 9.59 Å². The van der Waals surface area contributed by atoms with Crippen LogP contribution in [-0.4, -0.2) is 18.0 Å². The monoisotopic (exact) mass is 577 g/mol. The highest BCUT2D eigenvalue weighted by molar-refractivity contribution is 9.10. The molecule has 0 aromatic heterocycles. The number of nitrogens with zero attached hydrogens (tertiary/aromatic N) is 1. The summed E-state index contributed by atoms with van der Waals surface area (Å²) in [5, 5.41) is 9.43. The molecule has 188 valence electrons. The Bertz CT molecular complexity index is 1460. The van der Waals surface area contributed by atoms with E-state index in [9.17, 15) is 9.59 Å². The summed E-state index contributed by atoms with van der Waals surface area (Å²) in [5.41, 5.74) is 5.80. The van der Waals surface area contributed by atoms with Crippen molar-refractivity contribution in [3.05, 3.63) is 105 Å². The summed E-state index contributed by atoms with van der Waals surface area (Å²) in [5.74, 6) is -0.00149. The number of halogens is 2. The molecule has 0 radical (unpaired) electrons. The van der Waals surface area contributed by atoms with Gasteiger partial charge in [-0.05, 0) is 59.2 Å². The van der Waals surface area contributed by atoms with Gasteiger partial charge in [-0.1, -0.05) is 76.1 Å². The summed E-state index contributed by atoms with van der Waals surface area (Å²) in [6, 6.07) is 24.9. The lowest BCUT2D eigenvalue weighted by atomic mass is 10.0. The number of rotatable bonds is 9. The summed E-state index contributed by atoms with van der Waals surface area (Å²) in [7, 11) is 0. The van der Waals surface area contributed by atoms with Crippen molar-refractivity contribution >= 4 is 62.0 Å². The molecule has 0 unspecified atom stereocenters. The standard InChI is InChI=1S/C29H25BrClN3O3/c1-19-6-12-23(16-26(19)31)33-28(35)14-15-29(36)34-32-17-25-24-5-3-2-4-21(24)9-13-27(25)37-18-20-7-10-22(30)11-8-20/h2-13,16-17H,14-15,18H2,1H3,(H,33,35)(H,34,36). The molecule has 0 aliphatic heterocycles. The number of anilines is 1. The average Bonchev–Trinajstić information content (AvgIpc) is 2.90. The van der Waals surface area contributed by atoms with Crippen LogP contribution in [0.15, 0.2) is 88.4 Å². The van der Waals surface area contributed by atoms with E-state index in [-0.39, 0.29) is 24.7 Å². The zero-order valence-electron chi connectivity index (χ0n) is 20.1. The van der Waals surface area contributed by atoms with E-state index in [0.29, 0.717) is 23.1 Å². The molecular weight excluding hydrogens is 554 g/mol. The topological polar surface area (TPSA) is 79.8 Å². The van der Waals surface area contributed by atoms with Crippen molar-refractivity contribution in [3.63, 3.8) is 0 Å². The van der Waals surface area contributed by atoms with Crippen molar-refractivity contribution in [1.82, 2.24) is 5.43 Å². The predicted octanol–water partition coefficient (Wildman–Crippen LogP) is 7.01. The van der Waals surface area contributed by atoms with E-state index in [0.717, 1.165) is 31.9 Å². The van der Waals surface area contributed by atoms with Crippen molar-refractivity contribution in [2.75, 3.05) is 5.32 Å². The number of fused-ring (bicyclic) bond motifs is 1. The molecule has 2 amide bonds. The Balaban J connectivity index is 1.38. The van der Waals surface area contributed by atoms with Crippen molar-refractivity contribution in [1.29, 1.82) is 0 Å². The normalized spacial score (nSPS) is 11.0. The minimum absolute atomic E-state index is 0.00870. The van der Waals surface area contributed by atoms with Gasteiger partial charge in [0.05, 0.1) is 6.21 Å². The summed E-state index contributed by atoms with van der Waals surface area (Å²) >= 11 is 9.53. The maximum Gasteiger partial charge on any atom is 0.240 e. The van der Waals surface area contributed by atoms with E-state index in [1.165, 1.54) is 0 Å². The fourth-order valence-electron chi connectivity index (χ4n) is 3.62. The van der Waals surface area contributed by atoms with Crippen molar-refractivity contribution < 1.29 is 14.3 Å². The molecule has 0 fully saturated rings. The molecule has 0 bridgehead atoms. The number of hydrogen-bond acceptors (Lipinski definition) is 4. The van der Waals surface area contributed by atoms with Gasteiger partial charge in [0.1, 0.15) is 12.4 Å². The Kier molecular flexibility index (Phi) is 8.93. The molecule has 0 saturated heterocycles. The van der Waals surface area contributed by atoms with E-state index in [1.54, 1.807) is 18.3 Å². The first-order valence-electron chi connectivity index (χ1n) is 11.7. The number of benzene rings is 4. The third-order valence-electron chi connectivity index (χ3n) is 5.66. The molecule has 37 heavy (non-hydrogen) atoms. The zero-order valence-corrected chi connectivity index (χ0v) is 22.5. The van der Waals surface area contributed by atoms with Crippen LogP contribution >= 0.6 is 27.5 Å². The van der Waals surface area contributed by atoms with E-state index in [4.69, 9.17) is 16.3 Å². The van der Waals surface area contributed by atoms with Gasteiger partial charge >= 0.3 is 0 Å². The van der Waals surface area contributed by atoms with Crippen LogP contribution < -0.4 is 15.5 Å². The molecule has 0 atom stereocenters. The van der Waals surface area contributed by atoms with Crippen molar-refractivity contribution in [3.8, 4) is 5.75 Å². The molecule has 4 aromatic carbocycles. The Hall–Kier alpha value is -3.68. The van der Waals surface area contributed by atoms with E-state index in [1.807, 2.05) is 73.7 Å². The Morgan fingerprint density at radius 3 is 2.51 bits per heavy atom. The Labute approximate surface area is 228 Å². The van der Waals surface area contributed by atoms with E-state index >= 15 is 0 Å². The quantitative estimate of drug-likeness (QED) is 0.166. The minimum Gasteiger partial charge on any atom is -0.488 e. The molecule has 0 saturated carbocycles. The fraction of sp³-hybridized carbons (Fsp3) is 0.138. The summed E-state index contributed by atoms with van der Waals surface area (Å²) in [4.78, 5) is 24.5. The highest BCUT2D eigenvalue weighted by Gasteiger charge is 2.10. The number of nitrogens with one attached hydrogen (secondary N) is 2. The van der Waals surface area contributed by atoms with E-state index in [2.05, 4.69) is 31.8 Å². The van der Waals surface area contributed by atoms with Crippen LogP contribution in [-0.2, 0) is 16.2 Å². The summed E-state index contributed by atoms with van der Waals surface area (Å²) < 4.78 is 7.10. The van der Waals surface area contributed by atoms with E-state index < -0.39 is 0 Å². The first-order chi connectivity index (χ1) is 17.9. The van der Waals surface area contributed by atoms with Crippen LogP contribution in [0.4, 0.5) is 5.69 Å². The maximum absolute atomic E-state index is 12.3. The fourth-order valence-corrected chi connectivity index (χ4v) is 4.07. The predicted molar refractivity (Wildman–Crippen MR) is 152 cm³/mol. The minimum atomic E-state index is -0.370. The molecule has 0 aliphatic rings. The second-order valence-electron chi connectivity index (χ2n) is 8.42. The average molecular weight is 579 g/mol. The number of ether oxygens (including phenoxy) is 1. The number of aryl methyl sites for hydroxylation is 1. The third kappa shape index (κ3) is 7.41. The largest absolute Gasteiger partial charge is 0.488 e. The second kappa shape index (κ2) is 12.5. The lowest BCUT2D eigenvalue weighted by molar-refractivity contribution is -0.124. The lowest BCUT2D eigenvalue weighted by Crippen LogP contribution is -2.20. The smallest absolute Gasteiger partial charge is 0.240 e. The van der Waals surface area contributed by atoms with Crippen LogP contribution in [0.5, 0.6) is 5.75 Å². The number of carbonyl (C=O) groups excluding carboxylic acids is 2. The highest BCUT2D eigenvalue weighted by Crippen LogP contribution is 2.27. The highest BCUT2D eigenvalue weighted by atomic mass is 79.9. The van der Waals surface area contributed by atoms with Crippen LogP contribution in [0, 0.1) is 6.92 Å². The Morgan fingerprint density at radius 1 is 0.973 bits per heavy atom. The van der Waals surface area contributed by atoms with Gasteiger partial charge in [0.15, 0.2) is 0 Å². The number of carbonyl (C=O) groups is 2. The SMILES string of the molecule is Cc1ccc(NC(=O)CCC(=O)NN=Cc2c(OCc3ccc(Br)cc3)ccc3ccccc23)cc1Cl. The van der Waals surface area contributed by atoms with Gasteiger partial charge in [-0.2, -0.15) is 5.10 Å². The number of hydrogen-bond donors (Lipinski definition) is 2. The molecule has 4 rings (SSSR count). The molecule has 0 heterocycles. The molecule has 4 aromatic rings. The maximum atomic E-state index is 12.3. The van der Waals surface area contributed by atoms with Gasteiger partial charge in [-0.25, -0.2) is 5.43 Å². The number of hydrazone groups is 1. The molecule has 0 spiro atoms. The van der Waals surface area contributed by atoms with Crippen molar-refractivity contribution in [2.45, 2.75) is 26.4 Å². The molecule has 0 aliphatic carbocycles. The van der Waals surface area contributed by atoms with Crippen LogP contribution in [0.1, 0.15) is 29.5 Å². The van der Waals surface area contributed by atoms with Crippen LogP contribution in [0.3, 0.4) is 0 Å². The summed E-state index contributed by atoms with van der Waals surface area (Å²) in [6.07, 6.45) is 1.58. The zero-order chi connectivity index (χ0) is 26.2.